The largest absolute Gasteiger partial charge is 0.493 e. The minimum atomic E-state index is -0.421. The summed E-state index contributed by atoms with van der Waals surface area (Å²) < 4.78 is 16.4. The molecule has 1 aliphatic heterocycles. The molecule has 0 unspecified atom stereocenters. The van der Waals surface area contributed by atoms with Crippen LogP contribution in [-0.4, -0.2) is 57.7 Å². The fraction of sp³-hybridized carbons (Fsp3) is 0.417. The van der Waals surface area contributed by atoms with E-state index in [0.717, 1.165) is 12.0 Å². The molecule has 2 amide bonds. The van der Waals surface area contributed by atoms with E-state index in [2.05, 4.69) is 5.32 Å². The molecule has 0 bridgehead atoms. The third kappa shape index (κ3) is 4.78. The van der Waals surface area contributed by atoms with Gasteiger partial charge in [-0.25, -0.2) is 0 Å². The van der Waals surface area contributed by atoms with Gasteiger partial charge in [0.2, 0.25) is 11.7 Å². The quantitative estimate of drug-likeness (QED) is 0.649. The van der Waals surface area contributed by atoms with Crippen molar-refractivity contribution in [3.8, 4) is 17.2 Å². The van der Waals surface area contributed by atoms with Crippen molar-refractivity contribution in [2.45, 2.75) is 19.3 Å². The first kappa shape index (κ1) is 23.7. The summed E-state index contributed by atoms with van der Waals surface area (Å²) in [7, 11) is 4.64. The Morgan fingerprint density at radius 2 is 1.72 bits per heavy atom. The molecule has 0 aromatic heterocycles. The molecule has 0 spiro atoms. The van der Waals surface area contributed by atoms with Crippen LogP contribution in [0.25, 0.3) is 0 Å². The summed E-state index contributed by atoms with van der Waals surface area (Å²) >= 11 is 6.26. The zero-order valence-electron chi connectivity index (χ0n) is 18.8. The molecular weight excluding hydrogens is 432 g/mol. The first-order chi connectivity index (χ1) is 15.4. The molecule has 0 aliphatic carbocycles. The Bertz CT molecular complexity index is 956. The average molecular weight is 461 g/mol. The second kappa shape index (κ2) is 10.6. The number of nitrogens with zero attached hydrogens (tertiary/aromatic N) is 1. The van der Waals surface area contributed by atoms with E-state index in [1.54, 1.807) is 50.5 Å². The minimum absolute atomic E-state index is 0.0833. The third-order valence-corrected chi connectivity index (χ3v) is 6.04. The first-order valence-corrected chi connectivity index (χ1v) is 10.9. The fourth-order valence-electron chi connectivity index (χ4n) is 4.07. The maximum absolute atomic E-state index is 13.2. The monoisotopic (exact) mass is 460 g/mol. The van der Waals surface area contributed by atoms with Gasteiger partial charge in [0.1, 0.15) is 0 Å². The summed E-state index contributed by atoms with van der Waals surface area (Å²) in [6.45, 7) is 3.24. The second-order valence-electron chi connectivity index (χ2n) is 7.65. The van der Waals surface area contributed by atoms with E-state index >= 15 is 0 Å². The van der Waals surface area contributed by atoms with Crippen LogP contribution in [0.3, 0.4) is 0 Å². The highest BCUT2D eigenvalue weighted by Gasteiger charge is 2.41. The molecule has 7 nitrogen and oxygen atoms in total. The van der Waals surface area contributed by atoms with Gasteiger partial charge in [0.15, 0.2) is 11.5 Å². The highest BCUT2D eigenvalue weighted by molar-refractivity contribution is 6.33. The molecular formula is C24H29ClN2O5. The van der Waals surface area contributed by atoms with Gasteiger partial charge in [-0.2, -0.15) is 0 Å². The molecule has 2 aromatic rings. The molecule has 172 valence electrons. The molecule has 1 N–H and O–H groups in total. The van der Waals surface area contributed by atoms with Gasteiger partial charge >= 0.3 is 0 Å². The van der Waals surface area contributed by atoms with Gasteiger partial charge in [-0.15, -0.1) is 0 Å². The number of methoxy groups -OCH3 is 3. The molecule has 3 rings (SSSR count). The number of halogens is 1. The van der Waals surface area contributed by atoms with E-state index < -0.39 is 5.92 Å². The van der Waals surface area contributed by atoms with Crippen molar-refractivity contribution in [3.05, 3.63) is 52.5 Å². The van der Waals surface area contributed by atoms with Gasteiger partial charge in [-0.05, 0) is 36.2 Å². The Labute approximate surface area is 193 Å². The minimum Gasteiger partial charge on any atom is -0.493 e. The number of benzene rings is 2. The summed E-state index contributed by atoms with van der Waals surface area (Å²) in [6.07, 6.45) is 0.829. The van der Waals surface area contributed by atoms with Crippen LogP contribution >= 0.6 is 11.6 Å². The zero-order valence-corrected chi connectivity index (χ0v) is 19.6. The van der Waals surface area contributed by atoms with Crippen molar-refractivity contribution in [3.63, 3.8) is 0 Å². The van der Waals surface area contributed by atoms with Crippen molar-refractivity contribution in [1.82, 2.24) is 10.2 Å². The predicted octanol–water partition coefficient (Wildman–Crippen LogP) is 3.75. The fourth-order valence-corrected chi connectivity index (χ4v) is 4.29. The lowest BCUT2D eigenvalue weighted by atomic mass is 9.88. The van der Waals surface area contributed by atoms with E-state index in [4.69, 9.17) is 25.8 Å². The Kier molecular flexibility index (Phi) is 7.85. The van der Waals surface area contributed by atoms with E-state index in [1.807, 2.05) is 19.1 Å². The maximum atomic E-state index is 13.2. The summed E-state index contributed by atoms with van der Waals surface area (Å²) in [4.78, 5) is 27.9. The summed E-state index contributed by atoms with van der Waals surface area (Å²) in [5.41, 5.74) is 1.26. The molecule has 1 aliphatic rings. The van der Waals surface area contributed by atoms with Crippen molar-refractivity contribution in [2.75, 3.05) is 41.0 Å². The molecule has 1 saturated heterocycles. The Morgan fingerprint density at radius 3 is 2.28 bits per heavy atom. The van der Waals surface area contributed by atoms with Gasteiger partial charge in [0.25, 0.3) is 5.91 Å². The summed E-state index contributed by atoms with van der Waals surface area (Å²) in [5.74, 6) is 0.547. The number of rotatable bonds is 8. The predicted molar refractivity (Wildman–Crippen MR) is 123 cm³/mol. The second-order valence-corrected chi connectivity index (χ2v) is 8.06. The number of hydrogen-bond donors (Lipinski definition) is 1. The Hall–Kier alpha value is -2.93. The van der Waals surface area contributed by atoms with Gasteiger partial charge in [-0.3, -0.25) is 9.59 Å². The highest BCUT2D eigenvalue weighted by atomic mass is 35.5. The molecule has 2 aromatic carbocycles. The SMILES string of the molecule is CCCNC(=O)[C@H]1CN(C(=O)c2ccccc2Cl)C[C@H]1c1cc(OC)c(OC)c(OC)c1. The lowest BCUT2D eigenvalue weighted by molar-refractivity contribution is -0.124. The Balaban J connectivity index is 1.99. The van der Waals surface area contributed by atoms with Crippen LogP contribution in [0.1, 0.15) is 35.2 Å². The molecule has 8 heteroatoms. The summed E-state index contributed by atoms with van der Waals surface area (Å²) in [6, 6.07) is 10.6. The van der Waals surface area contributed by atoms with Crippen LogP contribution in [0.4, 0.5) is 0 Å². The van der Waals surface area contributed by atoms with Crippen molar-refractivity contribution >= 4 is 23.4 Å². The lowest BCUT2D eigenvalue weighted by Crippen LogP contribution is -2.36. The number of nitrogens with one attached hydrogen (secondary N) is 1. The third-order valence-electron chi connectivity index (χ3n) is 5.71. The van der Waals surface area contributed by atoms with Crippen molar-refractivity contribution in [1.29, 1.82) is 0 Å². The number of hydrogen-bond acceptors (Lipinski definition) is 5. The first-order valence-electron chi connectivity index (χ1n) is 10.6. The summed E-state index contributed by atoms with van der Waals surface area (Å²) in [5, 5.41) is 3.36. The number of amides is 2. The normalized spacial score (nSPS) is 17.7. The van der Waals surface area contributed by atoms with Gasteiger partial charge in [-0.1, -0.05) is 30.7 Å². The molecule has 1 fully saturated rings. The standard InChI is InChI=1S/C24H29ClN2O5/c1-5-10-26-23(28)18-14-27(24(29)16-8-6-7-9-19(16)25)13-17(18)15-11-20(30-2)22(32-4)21(12-15)31-3/h6-9,11-12,17-18H,5,10,13-14H2,1-4H3,(H,26,28)/t17-,18-/m0/s1. The number of carbonyl (C=O) groups is 2. The Morgan fingerprint density at radius 1 is 1.06 bits per heavy atom. The van der Waals surface area contributed by atoms with Crippen molar-refractivity contribution < 1.29 is 23.8 Å². The van der Waals surface area contributed by atoms with Crippen LogP contribution in [-0.2, 0) is 4.79 Å². The molecule has 0 saturated carbocycles. The molecule has 1 heterocycles. The van der Waals surface area contributed by atoms with Gasteiger partial charge < -0.3 is 24.4 Å². The van der Waals surface area contributed by atoms with Crippen LogP contribution < -0.4 is 19.5 Å². The lowest BCUT2D eigenvalue weighted by Gasteiger charge is -2.21. The average Bonchev–Trinajstić information content (AvgIpc) is 3.27. The van der Waals surface area contributed by atoms with Gasteiger partial charge in [0.05, 0.1) is 37.8 Å². The zero-order chi connectivity index (χ0) is 23.3. The van der Waals surface area contributed by atoms with E-state index in [0.29, 0.717) is 47.5 Å². The van der Waals surface area contributed by atoms with Gasteiger partial charge in [0, 0.05) is 25.6 Å². The van der Waals surface area contributed by atoms with Crippen LogP contribution in [0, 0.1) is 5.92 Å². The van der Waals surface area contributed by atoms with Crippen LogP contribution in [0.2, 0.25) is 5.02 Å². The molecule has 0 radical (unpaired) electrons. The topological polar surface area (TPSA) is 77.1 Å². The van der Waals surface area contributed by atoms with E-state index in [9.17, 15) is 9.59 Å². The van der Waals surface area contributed by atoms with E-state index in [1.165, 1.54) is 0 Å². The maximum Gasteiger partial charge on any atom is 0.255 e. The molecule has 2 atom stereocenters. The smallest absolute Gasteiger partial charge is 0.255 e. The molecule has 32 heavy (non-hydrogen) atoms. The van der Waals surface area contributed by atoms with Crippen LogP contribution in [0.15, 0.2) is 36.4 Å². The number of carbonyl (C=O) groups excluding carboxylic acids is 2. The van der Waals surface area contributed by atoms with E-state index in [-0.39, 0.29) is 17.7 Å². The van der Waals surface area contributed by atoms with Crippen LogP contribution in [0.5, 0.6) is 17.2 Å². The van der Waals surface area contributed by atoms with Crippen molar-refractivity contribution in [2.24, 2.45) is 5.92 Å². The number of ether oxygens (including phenoxy) is 3. The number of likely N-dealkylation sites (tertiary alicyclic amines) is 1. The highest BCUT2D eigenvalue weighted by Crippen LogP contribution is 2.43.